The van der Waals surface area contributed by atoms with E-state index < -0.39 is 0 Å². The smallest absolute Gasteiger partial charge is 0.191 e. The molecule has 0 aromatic carbocycles. The molecule has 4 nitrogen and oxygen atoms in total. The quantitative estimate of drug-likeness (QED) is 0.436. The van der Waals surface area contributed by atoms with E-state index in [4.69, 9.17) is 0 Å². The van der Waals surface area contributed by atoms with E-state index in [0.717, 1.165) is 24.7 Å². The van der Waals surface area contributed by atoms with Crippen molar-refractivity contribution in [3.63, 3.8) is 0 Å². The van der Waals surface area contributed by atoms with Crippen LogP contribution in [0.4, 0.5) is 0 Å². The maximum absolute atomic E-state index is 4.53. The Morgan fingerprint density at radius 2 is 2.21 bits per heavy atom. The second kappa shape index (κ2) is 10.7. The van der Waals surface area contributed by atoms with E-state index in [-0.39, 0.29) is 0 Å². The fraction of sp³-hybridized carbons (Fsp3) is 0.571. The number of guanidine groups is 1. The summed E-state index contributed by atoms with van der Waals surface area (Å²) in [6, 6.07) is 5.90. The first-order valence-corrected chi connectivity index (χ1v) is 8.17. The first kappa shape index (κ1) is 15.8. The van der Waals surface area contributed by atoms with Crippen LogP contribution in [-0.4, -0.2) is 36.0 Å². The van der Waals surface area contributed by atoms with Crippen molar-refractivity contribution in [2.75, 3.05) is 25.1 Å². The normalized spacial score (nSPS) is 11.4. The Labute approximate surface area is 120 Å². The minimum atomic E-state index is 0.612. The number of nitrogens with one attached hydrogen (secondary N) is 2. The highest BCUT2D eigenvalue weighted by Crippen LogP contribution is 1.98. The summed E-state index contributed by atoms with van der Waals surface area (Å²) in [7, 11) is 0. The fourth-order valence-corrected chi connectivity index (χ4v) is 2.06. The summed E-state index contributed by atoms with van der Waals surface area (Å²) in [5, 5.41) is 6.60. The average molecular weight is 280 g/mol. The Balaban J connectivity index is 2.34. The van der Waals surface area contributed by atoms with Crippen molar-refractivity contribution < 1.29 is 0 Å². The molecule has 1 aromatic rings. The Kier molecular flexibility index (Phi) is 8.89. The number of rotatable bonds is 8. The van der Waals surface area contributed by atoms with E-state index in [9.17, 15) is 0 Å². The summed E-state index contributed by atoms with van der Waals surface area (Å²) < 4.78 is 0. The third-order valence-corrected chi connectivity index (χ3v) is 3.23. The van der Waals surface area contributed by atoms with E-state index >= 15 is 0 Å². The van der Waals surface area contributed by atoms with Crippen molar-refractivity contribution >= 4 is 17.7 Å². The predicted molar refractivity (Wildman–Crippen MR) is 84.7 cm³/mol. The van der Waals surface area contributed by atoms with E-state index in [0.29, 0.717) is 6.54 Å². The minimum Gasteiger partial charge on any atom is -0.357 e. The van der Waals surface area contributed by atoms with Gasteiger partial charge in [0.25, 0.3) is 0 Å². The van der Waals surface area contributed by atoms with Crippen LogP contribution in [0.1, 0.15) is 25.5 Å². The molecule has 0 unspecified atom stereocenters. The molecule has 0 radical (unpaired) electrons. The number of hydrogen-bond donors (Lipinski definition) is 2. The maximum atomic E-state index is 4.53. The number of aliphatic imine (C=N–C) groups is 1. The van der Waals surface area contributed by atoms with Gasteiger partial charge in [0.2, 0.25) is 0 Å². The van der Waals surface area contributed by atoms with Gasteiger partial charge in [0, 0.05) is 19.3 Å². The van der Waals surface area contributed by atoms with Crippen molar-refractivity contribution in [2.45, 2.75) is 26.3 Å². The summed E-state index contributed by atoms with van der Waals surface area (Å²) in [4.78, 5) is 8.79. The van der Waals surface area contributed by atoms with Gasteiger partial charge >= 0.3 is 0 Å². The average Bonchev–Trinajstić information content (AvgIpc) is 2.45. The van der Waals surface area contributed by atoms with Crippen LogP contribution >= 0.6 is 11.8 Å². The molecule has 0 amide bonds. The molecule has 0 atom stereocenters. The Morgan fingerprint density at radius 3 is 2.89 bits per heavy atom. The number of hydrogen-bond acceptors (Lipinski definition) is 3. The summed E-state index contributed by atoms with van der Waals surface area (Å²) in [5.41, 5.74) is 0.988. The molecular weight excluding hydrogens is 256 g/mol. The number of aromatic nitrogens is 1. The number of thioether (sulfide) groups is 1. The highest BCUT2D eigenvalue weighted by molar-refractivity contribution is 7.98. The second-order valence-electron chi connectivity index (χ2n) is 4.14. The van der Waals surface area contributed by atoms with Crippen molar-refractivity contribution in [1.29, 1.82) is 0 Å². The topological polar surface area (TPSA) is 49.3 Å². The van der Waals surface area contributed by atoms with E-state index in [1.165, 1.54) is 18.6 Å². The Bertz CT molecular complexity index is 354. The lowest BCUT2D eigenvalue weighted by molar-refractivity contribution is 0.733. The third-order valence-electron chi connectivity index (χ3n) is 2.54. The van der Waals surface area contributed by atoms with Crippen LogP contribution in [0.25, 0.3) is 0 Å². The van der Waals surface area contributed by atoms with Crippen LogP contribution < -0.4 is 10.6 Å². The van der Waals surface area contributed by atoms with Gasteiger partial charge in [-0.1, -0.05) is 6.07 Å². The van der Waals surface area contributed by atoms with Crippen molar-refractivity contribution in [1.82, 2.24) is 15.6 Å². The summed E-state index contributed by atoms with van der Waals surface area (Å²) in [6.07, 6.45) is 6.36. The summed E-state index contributed by atoms with van der Waals surface area (Å²) >= 11 is 1.90. The maximum Gasteiger partial charge on any atom is 0.191 e. The number of unbranched alkanes of at least 4 members (excludes halogenated alkanes) is 1. The molecule has 0 aliphatic heterocycles. The lowest BCUT2D eigenvalue weighted by Crippen LogP contribution is -2.37. The molecule has 1 heterocycles. The standard InChI is InChI=1S/C14H24N4S/c1-3-15-14(17-10-6-7-11-19-2)18-12-13-8-4-5-9-16-13/h4-5,8-9H,3,6-7,10-12H2,1-2H3,(H2,15,17,18). The molecule has 1 aromatic heterocycles. The third kappa shape index (κ3) is 7.72. The van der Waals surface area contributed by atoms with Crippen LogP contribution in [0, 0.1) is 0 Å². The van der Waals surface area contributed by atoms with E-state index in [2.05, 4.69) is 33.8 Å². The molecule has 106 valence electrons. The van der Waals surface area contributed by atoms with E-state index in [1.54, 1.807) is 6.20 Å². The number of nitrogens with zero attached hydrogens (tertiary/aromatic N) is 2. The molecule has 0 bridgehead atoms. The van der Waals surface area contributed by atoms with Crippen LogP contribution in [0.2, 0.25) is 0 Å². The monoisotopic (exact) mass is 280 g/mol. The van der Waals surface area contributed by atoms with Crippen molar-refractivity contribution in [3.8, 4) is 0 Å². The summed E-state index contributed by atoms with van der Waals surface area (Å²) in [5.74, 6) is 2.10. The molecule has 0 fully saturated rings. The molecule has 0 saturated heterocycles. The van der Waals surface area contributed by atoms with Gasteiger partial charge in [-0.05, 0) is 43.9 Å². The van der Waals surface area contributed by atoms with Crippen LogP contribution in [0.3, 0.4) is 0 Å². The largest absolute Gasteiger partial charge is 0.357 e. The van der Waals surface area contributed by atoms with Gasteiger partial charge in [-0.15, -0.1) is 0 Å². The molecule has 1 rings (SSSR count). The predicted octanol–water partition coefficient (Wildman–Crippen LogP) is 2.28. The van der Waals surface area contributed by atoms with Crippen molar-refractivity contribution in [3.05, 3.63) is 30.1 Å². The lowest BCUT2D eigenvalue weighted by Gasteiger charge is -2.10. The van der Waals surface area contributed by atoms with Gasteiger partial charge < -0.3 is 10.6 Å². The Hall–Kier alpha value is -1.23. The van der Waals surface area contributed by atoms with Gasteiger partial charge in [-0.3, -0.25) is 4.98 Å². The fourth-order valence-electron chi connectivity index (χ4n) is 1.57. The molecule has 19 heavy (non-hydrogen) atoms. The van der Waals surface area contributed by atoms with E-state index in [1.807, 2.05) is 30.0 Å². The molecule has 0 spiro atoms. The second-order valence-corrected chi connectivity index (χ2v) is 5.13. The highest BCUT2D eigenvalue weighted by atomic mass is 32.2. The molecular formula is C14H24N4S. The summed E-state index contributed by atoms with van der Waals surface area (Å²) in [6.45, 7) is 4.53. The SMILES string of the molecule is CCNC(=NCc1ccccn1)NCCCCSC. The molecule has 0 aliphatic carbocycles. The van der Waals surface area contributed by atoms with Gasteiger partial charge in [0.15, 0.2) is 5.96 Å². The van der Waals surface area contributed by atoms with Gasteiger partial charge in [0.05, 0.1) is 12.2 Å². The zero-order valence-electron chi connectivity index (χ0n) is 11.9. The number of pyridine rings is 1. The van der Waals surface area contributed by atoms with Crippen molar-refractivity contribution in [2.24, 2.45) is 4.99 Å². The minimum absolute atomic E-state index is 0.612. The molecule has 0 aliphatic rings. The molecule has 5 heteroatoms. The zero-order chi connectivity index (χ0) is 13.8. The Morgan fingerprint density at radius 1 is 1.32 bits per heavy atom. The molecule has 0 saturated carbocycles. The van der Waals surface area contributed by atoms with Gasteiger partial charge in [-0.2, -0.15) is 11.8 Å². The van der Waals surface area contributed by atoms with Gasteiger partial charge in [0.1, 0.15) is 0 Å². The lowest BCUT2D eigenvalue weighted by atomic mass is 10.3. The zero-order valence-corrected chi connectivity index (χ0v) is 12.7. The highest BCUT2D eigenvalue weighted by Gasteiger charge is 1.97. The van der Waals surface area contributed by atoms with Crippen LogP contribution in [0.15, 0.2) is 29.4 Å². The van der Waals surface area contributed by atoms with Gasteiger partial charge in [-0.25, -0.2) is 4.99 Å². The van der Waals surface area contributed by atoms with Crippen LogP contribution in [-0.2, 0) is 6.54 Å². The molecule has 2 N–H and O–H groups in total. The van der Waals surface area contributed by atoms with Crippen LogP contribution in [0.5, 0.6) is 0 Å². The first-order valence-electron chi connectivity index (χ1n) is 6.78. The first-order chi connectivity index (χ1) is 9.36.